The first-order chi connectivity index (χ1) is 61.9. The molecule has 129 heavy (non-hydrogen) atoms. The summed E-state index contributed by atoms with van der Waals surface area (Å²) in [5.41, 5.74) is 7.43. The van der Waals surface area contributed by atoms with Gasteiger partial charge in [-0.3, -0.25) is 0 Å². The zero-order valence-corrected chi connectivity index (χ0v) is 86.7. The second-order valence-corrected chi connectivity index (χ2v) is 42.3. The van der Waals surface area contributed by atoms with Crippen LogP contribution in [0.3, 0.4) is 0 Å². The Kier molecular flexibility index (Phi) is 62.3. The van der Waals surface area contributed by atoms with Gasteiger partial charge < -0.3 is 18.2 Å². The zero-order chi connectivity index (χ0) is 92.9. The molecule has 0 bridgehead atoms. The van der Waals surface area contributed by atoms with Crippen molar-refractivity contribution in [1.29, 1.82) is 0 Å². The van der Waals surface area contributed by atoms with Crippen molar-refractivity contribution in [1.82, 2.24) is 0 Å². The van der Waals surface area contributed by atoms with Crippen LogP contribution in [-0.4, -0.2) is 51.9 Å². The molecule has 0 aliphatic heterocycles. The van der Waals surface area contributed by atoms with Gasteiger partial charge in [-0.05, 0) is 190 Å². The molecule has 17 heteroatoms. The molecular formula is C112H172O12S4Ti. The normalized spacial score (nSPS) is 11.9. The van der Waals surface area contributed by atoms with Gasteiger partial charge in [-0.15, -0.1) is 0 Å². The molecule has 0 spiro atoms. The third-order valence-corrected chi connectivity index (χ3v) is 30.0. The summed E-state index contributed by atoms with van der Waals surface area (Å²) in [6.07, 6.45) is 73.4. The van der Waals surface area contributed by atoms with Crippen LogP contribution in [0, 0.1) is 0 Å². The van der Waals surface area contributed by atoms with Crippen LogP contribution in [0.5, 0.6) is 0 Å². The molecule has 0 heterocycles. The van der Waals surface area contributed by atoms with E-state index in [1.54, 1.807) is 24.3 Å². The van der Waals surface area contributed by atoms with Crippen molar-refractivity contribution in [3.63, 3.8) is 0 Å². The predicted octanol–water partition coefficient (Wildman–Crippen LogP) is 33.3. The Bertz CT molecular complexity index is 4220. The minimum absolute atomic E-state index is 0. The zero-order valence-electron chi connectivity index (χ0n) is 81.8. The molecule has 0 aliphatic carbocycles. The number of hydrogen-bond acceptors (Lipinski definition) is 12. The average molecular weight is 1890 g/mol. The van der Waals surface area contributed by atoms with E-state index in [4.69, 9.17) is 0 Å². The first-order valence-corrected chi connectivity index (χ1v) is 57.6. The molecule has 0 amide bonds. The van der Waals surface area contributed by atoms with E-state index in [1.165, 1.54) is 257 Å². The minimum atomic E-state index is -4.53. The summed E-state index contributed by atoms with van der Waals surface area (Å²) < 4.78 is 148. The van der Waals surface area contributed by atoms with Gasteiger partial charge in [0.05, 0.1) is 19.6 Å². The van der Waals surface area contributed by atoms with Crippen LogP contribution in [0.4, 0.5) is 0 Å². The van der Waals surface area contributed by atoms with E-state index in [9.17, 15) is 51.9 Å². The Balaban J connectivity index is 0.000000359. The predicted molar refractivity (Wildman–Crippen MR) is 541 cm³/mol. The van der Waals surface area contributed by atoms with E-state index in [0.29, 0.717) is 47.2 Å². The molecule has 12 nitrogen and oxygen atoms in total. The van der Waals surface area contributed by atoms with Crippen molar-refractivity contribution in [3.8, 4) is 0 Å². The van der Waals surface area contributed by atoms with Crippen molar-refractivity contribution < 1.29 is 73.6 Å². The molecule has 0 radical (unpaired) electrons. The maximum Gasteiger partial charge on any atom is 4.00 e. The number of unbranched alkanes of at least 4 members (excludes halogenated alkanes) is 48. The van der Waals surface area contributed by atoms with E-state index >= 15 is 0 Å². The molecular weight excluding hydrogens is 1710 g/mol. The Hall–Kier alpha value is -4.85. The Morgan fingerprint density at radius 2 is 0.302 bits per heavy atom. The number of fused-ring (bicyclic) bond motifs is 4. The van der Waals surface area contributed by atoms with E-state index in [1.807, 2.05) is 72.8 Å². The number of aryl methyl sites for hydroxylation is 4. The van der Waals surface area contributed by atoms with Crippen LogP contribution in [0.25, 0.3) is 43.1 Å². The van der Waals surface area contributed by atoms with Gasteiger partial charge in [0.1, 0.15) is 40.5 Å². The van der Waals surface area contributed by atoms with Crippen molar-refractivity contribution in [2.24, 2.45) is 0 Å². The quantitative estimate of drug-likeness (QED) is 0.0197. The Morgan fingerprint density at radius 1 is 0.178 bits per heavy atom. The first kappa shape index (κ1) is 116. The van der Waals surface area contributed by atoms with Gasteiger partial charge >= 0.3 is 21.7 Å². The van der Waals surface area contributed by atoms with Gasteiger partial charge in [0.15, 0.2) is 0 Å². The smallest absolute Gasteiger partial charge is 0.744 e. The van der Waals surface area contributed by atoms with Crippen molar-refractivity contribution in [3.05, 3.63) is 166 Å². The van der Waals surface area contributed by atoms with Gasteiger partial charge in [-0.25, -0.2) is 33.7 Å². The summed E-state index contributed by atoms with van der Waals surface area (Å²) in [6.45, 7) is 17.8. The fourth-order valence-electron chi connectivity index (χ4n) is 18.9. The molecule has 720 valence electrons. The maximum absolute atomic E-state index is 12.3. The third kappa shape index (κ3) is 45.6. The molecule has 8 aromatic carbocycles. The second kappa shape index (κ2) is 69.0. The molecule has 0 atom stereocenters. The molecule has 0 aromatic heterocycles. The first-order valence-electron chi connectivity index (χ1n) is 51.9. The summed E-state index contributed by atoms with van der Waals surface area (Å²) in [7, 11) is -18.1. The molecule has 8 rings (SSSR count). The third-order valence-electron chi connectivity index (χ3n) is 26.1. The van der Waals surface area contributed by atoms with Crippen molar-refractivity contribution in [2.75, 3.05) is 0 Å². The second-order valence-electron chi connectivity index (χ2n) is 37.0. The number of hydrogen-bond donors (Lipinski definition) is 0. The molecule has 0 unspecified atom stereocenters. The van der Waals surface area contributed by atoms with Crippen LogP contribution in [0.2, 0.25) is 0 Å². The maximum atomic E-state index is 12.3. The molecule has 8 aromatic rings. The number of benzene rings is 8. The average Bonchev–Trinajstić information content (AvgIpc) is 0.782. The molecule has 0 aliphatic rings. The van der Waals surface area contributed by atoms with E-state index < -0.39 is 40.5 Å². The summed E-state index contributed by atoms with van der Waals surface area (Å²) in [5, 5.41) is 5.80. The van der Waals surface area contributed by atoms with Gasteiger partial charge in [0.2, 0.25) is 0 Å². The fraction of sp³-hybridized carbons (Fsp3) is 0.643. The Morgan fingerprint density at radius 3 is 0.442 bits per heavy atom. The molecule has 0 fully saturated rings. The Labute approximate surface area is 802 Å². The summed E-state index contributed by atoms with van der Waals surface area (Å²) in [6, 6.07) is 38.3. The van der Waals surface area contributed by atoms with Crippen LogP contribution in [0.15, 0.2) is 141 Å². The topological polar surface area (TPSA) is 229 Å². The molecule has 0 saturated heterocycles. The molecule has 0 saturated carbocycles. The van der Waals surface area contributed by atoms with Gasteiger partial charge in [-0.2, -0.15) is 0 Å². The minimum Gasteiger partial charge on any atom is -0.744 e. The summed E-state index contributed by atoms with van der Waals surface area (Å²) in [5.74, 6) is 0. The largest absolute Gasteiger partial charge is 4.00 e. The van der Waals surface area contributed by atoms with Gasteiger partial charge in [0.25, 0.3) is 0 Å². The summed E-state index contributed by atoms with van der Waals surface area (Å²) >= 11 is 0. The molecule has 0 N–H and O–H groups in total. The monoisotopic (exact) mass is 1890 g/mol. The van der Waals surface area contributed by atoms with Crippen LogP contribution < -0.4 is 0 Å². The SMILES string of the molecule is CCCCCCCCCc1cc2ccccc2c(S(=O)(=O)[O-])c1CCCCCCCCC.CCCCCCCCCc1cc2ccccc2c(S(=O)(=O)[O-])c1CCCCCCCCC.CCCCCCCCCc1cc2ccccc2c(S(=O)(=O)[O-])c1CCCCCCCCC.CCCCCCCCCc1cc2ccccc2c(S(=O)(=O)[O-])c1CCCCCCCCC.[Ti+4]. The van der Waals surface area contributed by atoms with Crippen molar-refractivity contribution >= 4 is 83.6 Å². The van der Waals surface area contributed by atoms with E-state index in [0.717, 1.165) is 194 Å². The van der Waals surface area contributed by atoms with Crippen LogP contribution >= 0.6 is 0 Å². The fourth-order valence-corrected chi connectivity index (χ4v) is 22.9. The van der Waals surface area contributed by atoms with E-state index in [-0.39, 0.29) is 41.3 Å². The van der Waals surface area contributed by atoms with Crippen LogP contribution in [-0.2, 0) is 114 Å². The van der Waals surface area contributed by atoms with E-state index in [2.05, 4.69) is 79.7 Å². The van der Waals surface area contributed by atoms with Gasteiger partial charge in [0, 0.05) is 0 Å². The standard InChI is InChI=1S/4C28H44O3S.Ti/c4*1-3-5-7-9-11-13-15-19-24-23-25-20-17-18-22-27(25)28(32(29,30)31)26(24)21-16-14-12-10-8-6-4-2;/h4*17-18,20,22-23H,3-16,19,21H2,1-2H3,(H,29,30,31);/q;;;;+4/p-4. The van der Waals surface area contributed by atoms with Gasteiger partial charge in [-0.1, -0.05) is 485 Å². The summed E-state index contributed by atoms with van der Waals surface area (Å²) in [4.78, 5) is 0.165. The number of rotatable bonds is 68. The van der Waals surface area contributed by atoms with Crippen molar-refractivity contribution in [2.45, 2.75) is 486 Å². The van der Waals surface area contributed by atoms with Crippen LogP contribution in [0.1, 0.15) is 459 Å².